The smallest absolute Gasteiger partial charge is 0.323 e. The van der Waals surface area contributed by atoms with Crippen molar-refractivity contribution in [3.63, 3.8) is 0 Å². The zero-order chi connectivity index (χ0) is 10.8. The molecule has 1 rings (SSSR count). The average Bonchev–Trinajstić information content (AvgIpc) is 2.48. The minimum atomic E-state index is -0.434. The Labute approximate surface area is 84.6 Å². The first-order valence-corrected chi connectivity index (χ1v) is 4.99. The summed E-state index contributed by atoms with van der Waals surface area (Å²) < 4.78 is 5.23. The highest BCUT2D eigenvalue weighted by molar-refractivity contribution is 5.76. The number of carbonyl (C=O) groups excluding carboxylic acids is 1. The summed E-state index contributed by atoms with van der Waals surface area (Å²) >= 11 is 0. The van der Waals surface area contributed by atoms with Crippen LogP contribution in [0.4, 0.5) is 0 Å². The topological polar surface area (TPSA) is 58.6 Å². The van der Waals surface area contributed by atoms with Gasteiger partial charge in [0.25, 0.3) is 0 Å². The van der Waals surface area contributed by atoms with Crippen LogP contribution in [-0.2, 0) is 9.53 Å². The Balaban J connectivity index is 2.40. The fourth-order valence-corrected chi connectivity index (χ4v) is 1.50. The summed E-state index contributed by atoms with van der Waals surface area (Å²) in [6.45, 7) is 6.38. The standard InChI is InChI=1S/C10H19NO3/c1-10(2,3)14-9(13)8-4-7(6-12)5-11-8/h7-8,11-12H,4-6H2,1-3H3/t7-,8-/m0/s1. The van der Waals surface area contributed by atoms with E-state index in [2.05, 4.69) is 5.32 Å². The maximum Gasteiger partial charge on any atom is 0.323 e. The third-order valence-corrected chi connectivity index (χ3v) is 2.17. The van der Waals surface area contributed by atoms with Crippen LogP contribution in [0.25, 0.3) is 0 Å². The molecule has 0 bridgehead atoms. The number of ether oxygens (including phenoxy) is 1. The molecule has 1 fully saturated rings. The number of rotatable bonds is 2. The Morgan fingerprint density at radius 3 is 2.64 bits per heavy atom. The molecular formula is C10H19NO3. The van der Waals surface area contributed by atoms with Crippen LogP contribution in [0.3, 0.4) is 0 Å². The van der Waals surface area contributed by atoms with Gasteiger partial charge in [-0.3, -0.25) is 4.79 Å². The van der Waals surface area contributed by atoms with Gasteiger partial charge in [-0.1, -0.05) is 0 Å². The van der Waals surface area contributed by atoms with Gasteiger partial charge in [0.05, 0.1) is 0 Å². The summed E-state index contributed by atoms with van der Waals surface area (Å²) in [5, 5.41) is 12.0. The van der Waals surface area contributed by atoms with Crippen LogP contribution in [0.1, 0.15) is 27.2 Å². The van der Waals surface area contributed by atoms with Crippen LogP contribution in [0.15, 0.2) is 0 Å². The van der Waals surface area contributed by atoms with Crippen molar-refractivity contribution in [2.45, 2.75) is 38.8 Å². The van der Waals surface area contributed by atoms with Gasteiger partial charge in [-0.25, -0.2) is 0 Å². The molecule has 82 valence electrons. The minimum absolute atomic E-state index is 0.131. The second-order valence-electron chi connectivity index (χ2n) is 4.78. The molecule has 0 aromatic heterocycles. The third-order valence-electron chi connectivity index (χ3n) is 2.17. The zero-order valence-electron chi connectivity index (χ0n) is 9.04. The van der Waals surface area contributed by atoms with Gasteiger partial charge < -0.3 is 15.2 Å². The molecule has 2 N–H and O–H groups in total. The van der Waals surface area contributed by atoms with E-state index >= 15 is 0 Å². The van der Waals surface area contributed by atoms with Gasteiger partial charge >= 0.3 is 5.97 Å². The Hall–Kier alpha value is -0.610. The van der Waals surface area contributed by atoms with Gasteiger partial charge in [0.1, 0.15) is 11.6 Å². The predicted molar refractivity (Wildman–Crippen MR) is 52.8 cm³/mol. The van der Waals surface area contributed by atoms with Crippen molar-refractivity contribution in [1.82, 2.24) is 5.32 Å². The summed E-state index contributed by atoms with van der Waals surface area (Å²) in [5.41, 5.74) is -0.434. The summed E-state index contributed by atoms with van der Waals surface area (Å²) in [7, 11) is 0. The van der Waals surface area contributed by atoms with Crippen molar-refractivity contribution >= 4 is 5.97 Å². The number of aliphatic hydroxyl groups excluding tert-OH is 1. The number of hydrogen-bond acceptors (Lipinski definition) is 4. The predicted octanol–water partition coefficient (Wildman–Crippen LogP) is 0.299. The molecule has 0 saturated carbocycles. The van der Waals surface area contributed by atoms with Crippen LogP contribution in [0.2, 0.25) is 0 Å². The number of nitrogens with one attached hydrogen (secondary N) is 1. The number of hydrogen-bond donors (Lipinski definition) is 2. The molecule has 1 aliphatic heterocycles. The second-order valence-corrected chi connectivity index (χ2v) is 4.78. The van der Waals surface area contributed by atoms with Gasteiger partial charge in [-0.2, -0.15) is 0 Å². The Kier molecular flexibility index (Phi) is 3.50. The normalized spacial score (nSPS) is 27.7. The van der Waals surface area contributed by atoms with E-state index in [0.29, 0.717) is 13.0 Å². The molecule has 1 aliphatic rings. The highest BCUT2D eigenvalue weighted by Gasteiger charge is 2.32. The maximum absolute atomic E-state index is 11.6. The van der Waals surface area contributed by atoms with E-state index in [4.69, 9.17) is 9.84 Å². The van der Waals surface area contributed by atoms with Crippen molar-refractivity contribution < 1.29 is 14.6 Å². The average molecular weight is 201 g/mol. The minimum Gasteiger partial charge on any atom is -0.459 e. The highest BCUT2D eigenvalue weighted by Crippen LogP contribution is 2.17. The van der Waals surface area contributed by atoms with E-state index < -0.39 is 5.60 Å². The first kappa shape index (κ1) is 11.5. The van der Waals surface area contributed by atoms with Crippen LogP contribution < -0.4 is 5.32 Å². The lowest BCUT2D eigenvalue weighted by Gasteiger charge is -2.22. The Bertz CT molecular complexity index is 210. The quantitative estimate of drug-likeness (QED) is 0.631. The van der Waals surface area contributed by atoms with Crippen molar-refractivity contribution in [2.75, 3.05) is 13.2 Å². The molecule has 4 heteroatoms. The van der Waals surface area contributed by atoms with Crippen LogP contribution >= 0.6 is 0 Å². The Morgan fingerprint density at radius 1 is 1.57 bits per heavy atom. The number of esters is 1. The van der Waals surface area contributed by atoms with Gasteiger partial charge in [0.15, 0.2) is 0 Å². The van der Waals surface area contributed by atoms with Crippen LogP contribution in [0.5, 0.6) is 0 Å². The zero-order valence-corrected chi connectivity index (χ0v) is 9.04. The molecule has 0 aliphatic carbocycles. The van der Waals surface area contributed by atoms with Crippen LogP contribution in [0, 0.1) is 5.92 Å². The molecular weight excluding hydrogens is 182 g/mol. The van der Waals surface area contributed by atoms with Gasteiger partial charge in [-0.05, 0) is 33.1 Å². The van der Waals surface area contributed by atoms with E-state index in [0.717, 1.165) is 0 Å². The summed E-state index contributed by atoms with van der Waals surface area (Å²) in [4.78, 5) is 11.6. The lowest BCUT2D eigenvalue weighted by molar-refractivity contribution is -0.157. The van der Waals surface area contributed by atoms with Gasteiger partial charge in [-0.15, -0.1) is 0 Å². The van der Waals surface area contributed by atoms with Crippen molar-refractivity contribution in [1.29, 1.82) is 0 Å². The molecule has 2 atom stereocenters. The number of carbonyl (C=O) groups is 1. The van der Waals surface area contributed by atoms with E-state index in [1.807, 2.05) is 20.8 Å². The molecule has 14 heavy (non-hydrogen) atoms. The summed E-state index contributed by atoms with van der Waals surface area (Å²) in [6, 6.07) is -0.244. The van der Waals surface area contributed by atoms with E-state index in [1.165, 1.54) is 0 Å². The van der Waals surface area contributed by atoms with Crippen molar-refractivity contribution in [3.05, 3.63) is 0 Å². The maximum atomic E-state index is 11.6. The van der Waals surface area contributed by atoms with E-state index in [1.54, 1.807) is 0 Å². The van der Waals surface area contributed by atoms with Crippen molar-refractivity contribution in [2.24, 2.45) is 5.92 Å². The lowest BCUT2D eigenvalue weighted by Crippen LogP contribution is -2.37. The molecule has 0 spiro atoms. The summed E-state index contributed by atoms with van der Waals surface area (Å²) in [5.74, 6) is -0.0269. The van der Waals surface area contributed by atoms with E-state index in [9.17, 15) is 4.79 Å². The highest BCUT2D eigenvalue weighted by atomic mass is 16.6. The van der Waals surface area contributed by atoms with Gasteiger partial charge in [0, 0.05) is 13.2 Å². The summed E-state index contributed by atoms with van der Waals surface area (Å²) in [6.07, 6.45) is 0.672. The fourth-order valence-electron chi connectivity index (χ4n) is 1.50. The lowest BCUT2D eigenvalue weighted by atomic mass is 10.1. The van der Waals surface area contributed by atoms with E-state index in [-0.39, 0.29) is 24.5 Å². The molecule has 0 aromatic rings. The van der Waals surface area contributed by atoms with Crippen molar-refractivity contribution in [3.8, 4) is 0 Å². The molecule has 4 nitrogen and oxygen atoms in total. The number of aliphatic hydroxyl groups is 1. The molecule has 0 amide bonds. The largest absolute Gasteiger partial charge is 0.459 e. The third kappa shape index (κ3) is 3.27. The SMILES string of the molecule is CC(C)(C)OC(=O)[C@@H]1C[C@H](CO)CN1. The van der Waals surface area contributed by atoms with Crippen LogP contribution in [-0.4, -0.2) is 35.9 Å². The molecule has 0 unspecified atom stereocenters. The first-order chi connectivity index (χ1) is 6.42. The molecule has 1 saturated heterocycles. The second kappa shape index (κ2) is 4.28. The monoisotopic (exact) mass is 201 g/mol. The fraction of sp³-hybridized carbons (Fsp3) is 0.900. The Morgan fingerprint density at radius 2 is 2.21 bits per heavy atom. The van der Waals surface area contributed by atoms with Gasteiger partial charge in [0.2, 0.25) is 0 Å². The first-order valence-electron chi connectivity index (χ1n) is 4.99. The molecule has 0 aromatic carbocycles. The molecule has 1 heterocycles. The molecule has 0 radical (unpaired) electrons.